The molecular weight excluding hydrogens is 132 g/mol. The monoisotopic (exact) mass is 142 g/mol. The number of nitrogens with one attached hydrogen (secondary N) is 1. The third kappa shape index (κ3) is 2.01. The van der Waals surface area contributed by atoms with E-state index in [1.165, 1.54) is 0 Å². The first kappa shape index (κ1) is 6.55. The fraction of sp³-hybridized carbons (Fsp3) is 0.500. The summed E-state index contributed by atoms with van der Waals surface area (Å²) < 4.78 is 0. The Labute approximate surface area is 58.9 Å². The lowest BCUT2D eigenvalue weighted by molar-refractivity contribution is 0.903. The van der Waals surface area contributed by atoms with E-state index in [0.29, 0.717) is 6.04 Å². The highest BCUT2D eigenvalue weighted by molar-refractivity contribution is 7.13. The molecule has 0 unspecified atom stereocenters. The van der Waals surface area contributed by atoms with E-state index in [9.17, 15) is 0 Å². The van der Waals surface area contributed by atoms with Gasteiger partial charge < -0.3 is 5.32 Å². The number of hydrogen-bond acceptors (Lipinski definition) is 3. The van der Waals surface area contributed by atoms with Crippen LogP contribution in [0.2, 0.25) is 0 Å². The van der Waals surface area contributed by atoms with Crippen molar-refractivity contribution < 1.29 is 0 Å². The lowest BCUT2D eigenvalue weighted by Crippen LogP contribution is -2.07. The maximum absolute atomic E-state index is 3.93. The van der Waals surface area contributed by atoms with E-state index in [4.69, 9.17) is 0 Å². The lowest BCUT2D eigenvalue weighted by Gasteiger charge is -2.04. The molecule has 0 fully saturated rings. The molecule has 0 radical (unpaired) electrons. The van der Waals surface area contributed by atoms with Gasteiger partial charge in [-0.25, -0.2) is 0 Å². The van der Waals surface area contributed by atoms with Crippen LogP contribution in [-0.4, -0.2) is 11.0 Å². The molecule has 1 aromatic heterocycles. The average molecular weight is 142 g/mol. The second-order valence-electron chi connectivity index (χ2n) is 2.16. The van der Waals surface area contributed by atoms with Crippen LogP contribution in [0.1, 0.15) is 13.8 Å². The molecular formula is C6H10N2S. The lowest BCUT2D eigenvalue weighted by atomic mass is 10.4. The van der Waals surface area contributed by atoms with Gasteiger partial charge in [0.1, 0.15) is 5.00 Å². The predicted octanol–water partition coefficient (Wildman–Crippen LogP) is 1.96. The Morgan fingerprint density at radius 2 is 2.44 bits per heavy atom. The SMILES string of the molecule is CC(C)Nc1cncs1. The maximum Gasteiger partial charge on any atom is 0.109 e. The minimum absolute atomic E-state index is 0.505. The molecule has 1 aromatic rings. The summed E-state index contributed by atoms with van der Waals surface area (Å²) in [5.74, 6) is 0. The molecule has 0 amide bonds. The quantitative estimate of drug-likeness (QED) is 0.682. The molecule has 0 bridgehead atoms. The van der Waals surface area contributed by atoms with Gasteiger partial charge >= 0.3 is 0 Å². The van der Waals surface area contributed by atoms with Gasteiger partial charge in [-0.3, -0.25) is 4.98 Å². The zero-order valence-corrected chi connectivity index (χ0v) is 6.40. The second-order valence-corrected chi connectivity index (χ2v) is 3.05. The minimum Gasteiger partial charge on any atom is -0.373 e. The highest BCUT2D eigenvalue weighted by Gasteiger charge is 1.93. The van der Waals surface area contributed by atoms with Crippen LogP contribution in [0.4, 0.5) is 5.00 Å². The fourth-order valence-electron chi connectivity index (χ4n) is 0.572. The van der Waals surface area contributed by atoms with Crippen LogP contribution in [0.15, 0.2) is 11.7 Å². The van der Waals surface area contributed by atoms with E-state index in [2.05, 4.69) is 24.1 Å². The molecule has 9 heavy (non-hydrogen) atoms. The van der Waals surface area contributed by atoms with E-state index in [-0.39, 0.29) is 0 Å². The Kier molecular flexibility index (Phi) is 2.05. The Morgan fingerprint density at radius 1 is 1.67 bits per heavy atom. The van der Waals surface area contributed by atoms with Gasteiger partial charge in [0.25, 0.3) is 0 Å². The third-order valence-electron chi connectivity index (χ3n) is 0.863. The summed E-state index contributed by atoms with van der Waals surface area (Å²) in [6.45, 7) is 4.22. The van der Waals surface area contributed by atoms with E-state index in [1.807, 2.05) is 11.7 Å². The molecule has 0 saturated heterocycles. The first-order valence-corrected chi connectivity index (χ1v) is 3.82. The van der Waals surface area contributed by atoms with Crippen LogP contribution in [-0.2, 0) is 0 Å². The van der Waals surface area contributed by atoms with Gasteiger partial charge in [0.15, 0.2) is 0 Å². The van der Waals surface area contributed by atoms with Gasteiger partial charge in [-0.2, -0.15) is 0 Å². The first-order chi connectivity index (χ1) is 4.29. The van der Waals surface area contributed by atoms with Gasteiger partial charge in [0.05, 0.1) is 11.7 Å². The van der Waals surface area contributed by atoms with Gasteiger partial charge in [0.2, 0.25) is 0 Å². The normalized spacial score (nSPS) is 10.1. The molecule has 0 aromatic carbocycles. The molecule has 1 heterocycles. The van der Waals surface area contributed by atoms with Crippen LogP contribution in [0.5, 0.6) is 0 Å². The second kappa shape index (κ2) is 2.82. The number of aromatic nitrogens is 1. The third-order valence-corrected chi connectivity index (χ3v) is 1.57. The average Bonchev–Trinajstić information content (AvgIpc) is 2.15. The van der Waals surface area contributed by atoms with Gasteiger partial charge in [0, 0.05) is 6.04 Å². The van der Waals surface area contributed by atoms with Crippen molar-refractivity contribution in [2.45, 2.75) is 19.9 Å². The van der Waals surface area contributed by atoms with Crippen molar-refractivity contribution in [2.75, 3.05) is 5.32 Å². The van der Waals surface area contributed by atoms with Crippen molar-refractivity contribution in [1.29, 1.82) is 0 Å². The molecule has 0 atom stereocenters. The van der Waals surface area contributed by atoms with Crippen molar-refractivity contribution >= 4 is 16.3 Å². The Hall–Kier alpha value is -0.570. The molecule has 0 aliphatic heterocycles. The number of hydrogen-bond donors (Lipinski definition) is 1. The predicted molar refractivity (Wildman–Crippen MR) is 40.9 cm³/mol. The molecule has 0 spiro atoms. The summed E-state index contributed by atoms with van der Waals surface area (Å²) in [7, 11) is 0. The summed E-state index contributed by atoms with van der Waals surface area (Å²) in [4.78, 5) is 3.93. The number of nitrogens with zero attached hydrogens (tertiary/aromatic N) is 1. The Bertz CT molecular complexity index is 158. The maximum atomic E-state index is 3.93. The largest absolute Gasteiger partial charge is 0.373 e. The van der Waals surface area contributed by atoms with E-state index >= 15 is 0 Å². The number of thiazole rings is 1. The zero-order chi connectivity index (χ0) is 6.69. The molecule has 0 saturated carbocycles. The summed E-state index contributed by atoms with van der Waals surface area (Å²) in [5.41, 5.74) is 1.82. The van der Waals surface area contributed by atoms with E-state index in [1.54, 1.807) is 11.3 Å². The standard InChI is InChI=1S/C6H10N2S/c1-5(2)8-6-3-7-4-9-6/h3-5,8H,1-2H3. The van der Waals surface area contributed by atoms with E-state index in [0.717, 1.165) is 5.00 Å². The molecule has 0 aliphatic carbocycles. The summed E-state index contributed by atoms with van der Waals surface area (Å²) in [6.07, 6.45) is 1.84. The Morgan fingerprint density at radius 3 is 2.89 bits per heavy atom. The topological polar surface area (TPSA) is 24.9 Å². The van der Waals surface area contributed by atoms with Crippen LogP contribution in [0.3, 0.4) is 0 Å². The zero-order valence-electron chi connectivity index (χ0n) is 5.59. The minimum atomic E-state index is 0.505. The molecule has 1 rings (SSSR count). The highest BCUT2D eigenvalue weighted by atomic mass is 32.1. The Balaban J connectivity index is 2.48. The van der Waals surface area contributed by atoms with Crippen molar-refractivity contribution in [3.63, 3.8) is 0 Å². The molecule has 2 nitrogen and oxygen atoms in total. The van der Waals surface area contributed by atoms with Crippen molar-refractivity contribution in [3.8, 4) is 0 Å². The van der Waals surface area contributed by atoms with Crippen LogP contribution < -0.4 is 5.32 Å². The van der Waals surface area contributed by atoms with Gasteiger partial charge in [-0.05, 0) is 13.8 Å². The highest BCUT2D eigenvalue weighted by Crippen LogP contribution is 2.12. The van der Waals surface area contributed by atoms with Crippen molar-refractivity contribution in [3.05, 3.63) is 11.7 Å². The summed E-state index contributed by atoms with van der Waals surface area (Å²) in [5, 5.41) is 4.38. The van der Waals surface area contributed by atoms with Gasteiger partial charge in [-0.1, -0.05) is 0 Å². The van der Waals surface area contributed by atoms with Crippen LogP contribution >= 0.6 is 11.3 Å². The summed E-state index contributed by atoms with van der Waals surface area (Å²) >= 11 is 1.63. The fourth-order valence-corrected chi connectivity index (χ4v) is 1.23. The van der Waals surface area contributed by atoms with E-state index < -0.39 is 0 Å². The number of anilines is 1. The summed E-state index contributed by atoms with van der Waals surface area (Å²) in [6, 6.07) is 0.505. The van der Waals surface area contributed by atoms with Gasteiger partial charge in [-0.15, -0.1) is 11.3 Å². The molecule has 50 valence electrons. The number of rotatable bonds is 2. The molecule has 0 aliphatic rings. The van der Waals surface area contributed by atoms with Crippen LogP contribution in [0.25, 0.3) is 0 Å². The van der Waals surface area contributed by atoms with Crippen molar-refractivity contribution in [2.24, 2.45) is 0 Å². The first-order valence-electron chi connectivity index (χ1n) is 2.94. The molecule has 1 N–H and O–H groups in total. The molecule has 3 heteroatoms. The van der Waals surface area contributed by atoms with Crippen LogP contribution in [0, 0.1) is 0 Å². The smallest absolute Gasteiger partial charge is 0.109 e. The van der Waals surface area contributed by atoms with Crippen molar-refractivity contribution in [1.82, 2.24) is 4.98 Å².